The Morgan fingerprint density at radius 2 is 2.25 bits per heavy atom. The summed E-state index contributed by atoms with van der Waals surface area (Å²) in [4.78, 5) is 30.1. The van der Waals surface area contributed by atoms with E-state index in [4.69, 9.17) is 5.73 Å². The highest BCUT2D eigenvalue weighted by Crippen LogP contribution is 2.20. The number of carbonyl (C=O) groups excluding carboxylic acids is 2. The molecule has 1 fully saturated rings. The maximum Gasteiger partial charge on any atom is 0.255 e. The van der Waals surface area contributed by atoms with Gasteiger partial charge in [-0.3, -0.25) is 14.6 Å². The van der Waals surface area contributed by atoms with Crippen LogP contribution in [-0.4, -0.2) is 41.8 Å². The molecule has 0 bridgehead atoms. The van der Waals surface area contributed by atoms with Crippen molar-refractivity contribution in [3.8, 4) is 0 Å². The molecule has 108 valence electrons. The molecule has 6 nitrogen and oxygen atoms in total. The molecule has 6 heteroatoms. The van der Waals surface area contributed by atoms with Gasteiger partial charge in [0.15, 0.2) is 0 Å². The highest BCUT2D eigenvalue weighted by atomic mass is 16.2. The Bertz CT molecular complexity index is 530. The van der Waals surface area contributed by atoms with Gasteiger partial charge in [0.05, 0.1) is 29.1 Å². The third-order valence-corrected chi connectivity index (χ3v) is 3.66. The number of nitrogen functional groups attached to an aromatic ring is 1. The zero-order valence-corrected chi connectivity index (χ0v) is 11.8. The van der Waals surface area contributed by atoms with Crippen molar-refractivity contribution in [2.45, 2.75) is 19.8 Å². The molecule has 1 aliphatic heterocycles. The van der Waals surface area contributed by atoms with Crippen LogP contribution in [0.2, 0.25) is 0 Å². The van der Waals surface area contributed by atoms with Crippen LogP contribution in [0, 0.1) is 12.8 Å². The molecule has 0 radical (unpaired) electrons. The Hall–Kier alpha value is -2.11. The summed E-state index contributed by atoms with van der Waals surface area (Å²) in [6.07, 6.45) is 3.19. The predicted molar refractivity (Wildman–Crippen MR) is 76.1 cm³/mol. The second kappa shape index (κ2) is 5.90. The van der Waals surface area contributed by atoms with Gasteiger partial charge in [-0.25, -0.2) is 0 Å². The van der Waals surface area contributed by atoms with Crippen molar-refractivity contribution < 1.29 is 9.59 Å². The maximum atomic E-state index is 12.5. The zero-order valence-electron chi connectivity index (χ0n) is 11.8. The van der Waals surface area contributed by atoms with Crippen LogP contribution < -0.4 is 11.1 Å². The van der Waals surface area contributed by atoms with E-state index in [1.165, 1.54) is 6.20 Å². The van der Waals surface area contributed by atoms with E-state index in [9.17, 15) is 9.59 Å². The number of anilines is 1. The van der Waals surface area contributed by atoms with Crippen molar-refractivity contribution in [1.82, 2.24) is 15.2 Å². The van der Waals surface area contributed by atoms with Crippen molar-refractivity contribution in [2.24, 2.45) is 5.92 Å². The van der Waals surface area contributed by atoms with Crippen molar-refractivity contribution in [3.05, 3.63) is 23.5 Å². The number of amides is 2. The van der Waals surface area contributed by atoms with Gasteiger partial charge in [-0.1, -0.05) is 0 Å². The Labute approximate surface area is 118 Å². The first-order chi connectivity index (χ1) is 9.52. The fraction of sp³-hybridized carbons (Fsp3) is 0.500. The molecule has 0 aliphatic carbocycles. The summed E-state index contributed by atoms with van der Waals surface area (Å²) in [5.74, 6) is -0.243. The fourth-order valence-corrected chi connectivity index (χ4v) is 2.52. The van der Waals surface area contributed by atoms with Gasteiger partial charge in [0.25, 0.3) is 5.91 Å². The van der Waals surface area contributed by atoms with E-state index in [0.717, 1.165) is 12.8 Å². The van der Waals surface area contributed by atoms with E-state index in [1.807, 2.05) is 0 Å². The molecule has 20 heavy (non-hydrogen) atoms. The second-order valence-corrected chi connectivity index (χ2v) is 5.11. The average Bonchev–Trinajstić information content (AvgIpc) is 2.48. The maximum absolute atomic E-state index is 12.5. The number of likely N-dealkylation sites (tertiary alicyclic amines) is 1. The lowest BCUT2D eigenvalue weighted by Gasteiger charge is -2.32. The smallest absolute Gasteiger partial charge is 0.255 e. The molecule has 2 rings (SSSR count). The fourth-order valence-electron chi connectivity index (χ4n) is 2.52. The van der Waals surface area contributed by atoms with Gasteiger partial charge < -0.3 is 16.0 Å². The average molecular weight is 276 g/mol. The summed E-state index contributed by atoms with van der Waals surface area (Å²) in [7, 11) is 1.62. The molecule has 3 N–H and O–H groups in total. The lowest BCUT2D eigenvalue weighted by molar-refractivity contribution is -0.125. The van der Waals surface area contributed by atoms with Crippen LogP contribution >= 0.6 is 0 Å². The number of aryl methyl sites for hydroxylation is 1. The Morgan fingerprint density at radius 3 is 2.95 bits per heavy atom. The van der Waals surface area contributed by atoms with E-state index in [-0.39, 0.29) is 17.7 Å². The van der Waals surface area contributed by atoms with Gasteiger partial charge in [-0.05, 0) is 25.8 Å². The van der Waals surface area contributed by atoms with E-state index in [1.54, 1.807) is 24.9 Å². The molecule has 1 unspecified atom stereocenters. The van der Waals surface area contributed by atoms with Crippen LogP contribution in [0.1, 0.15) is 28.9 Å². The van der Waals surface area contributed by atoms with Crippen molar-refractivity contribution in [1.29, 1.82) is 0 Å². The molecule has 2 heterocycles. The molecule has 2 amide bonds. The van der Waals surface area contributed by atoms with E-state index in [0.29, 0.717) is 30.0 Å². The first-order valence-electron chi connectivity index (χ1n) is 6.76. The van der Waals surface area contributed by atoms with Gasteiger partial charge >= 0.3 is 0 Å². The molecule has 0 spiro atoms. The molecule has 1 aliphatic rings. The zero-order chi connectivity index (χ0) is 14.7. The van der Waals surface area contributed by atoms with Crippen molar-refractivity contribution in [3.63, 3.8) is 0 Å². The number of aromatic nitrogens is 1. The summed E-state index contributed by atoms with van der Waals surface area (Å²) in [5, 5.41) is 2.65. The number of nitrogens with one attached hydrogen (secondary N) is 1. The minimum absolute atomic E-state index is 0.00933. The summed E-state index contributed by atoms with van der Waals surface area (Å²) in [6.45, 7) is 2.90. The number of rotatable bonds is 2. The molecule has 0 aromatic carbocycles. The molecule has 0 saturated carbocycles. The summed E-state index contributed by atoms with van der Waals surface area (Å²) in [5.41, 5.74) is 7.34. The van der Waals surface area contributed by atoms with Crippen LogP contribution in [-0.2, 0) is 4.79 Å². The number of nitrogens with zero attached hydrogens (tertiary/aromatic N) is 2. The molecule has 1 atom stereocenters. The van der Waals surface area contributed by atoms with Gasteiger partial charge in [0, 0.05) is 20.1 Å². The van der Waals surface area contributed by atoms with Crippen LogP contribution in [0.15, 0.2) is 12.3 Å². The van der Waals surface area contributed by atoms with E-state index in [2.05, 4.69) is 10.3 Å². The lowest BCUT2D eigenvalue weighted by Crippen LogP contribution is -2.45. The van der Waals surface area contributed by atoms with Gasteiger partial charge in [-0.2, -0.15) is 0 Å². The van der Waals surface area contributed by atoms with Gasteiger partial charge in [0.1, 0.15) is 0 Å². The van der Waals surface area contributed by atoms with Crippen LogP contribution in [0.25, 0.3) is 0 Å². The van der Waals surface area contributed by atoms with E-state index < -0.39 is 0 Å². The summed E-state index contributed by atoms with van der Waals surface area (Å²) < 4.78 is 0. The Morgan fingerprint density at radius 1 is 1.50 bits per heavy atom. The topological polar surface area (TPSA) is 88.3 Å². The highest BCUT2D eigenvalue weighted by Gasteiger charge is 2.29. The normalized spacial score (nSPS) is 18.7. The largest absolute Gasteiger partial charge is 0.397 e. The van der Waals surface area contributed by atoms with Gasteiger partial charge in [-0.15, -0.1) is 0 Å². The Kier molecular flexibility index (Phi) is 4.22. The molecule has 1 aromatic rings. The predicted octanol–water partition coefficient (Wildman–Crippen LogP) is 0.570. The van der Waals surface area contributed by atoms with Crippen LogP contribution in [0.3, 0.4) is 0 Å². The molecule has 1 saturated heterocycles. The third-order valence-electron chi connectivity index (χ3n) is 3.66. The summed E-state index contributed by atoms with van der Waals surface area (Å²) in [6, 6.07) is 1.65. The molecule has 1 aromatic heterocycles. The lowest BCUT2D eigenvalue weighted by atomic mass is 9.96. The third kappa shape index (κ3) is 2.89. The van der Waals surface area contributed by atoms with Crippen LogP contribution in [0.5, 0.6) is 0 Å². The number of carbonyl (C=O) groups is 2. The Balaban J connectivity index is 2.16. The number of pyridine rings is 1. The highest BCUT2D eigenvalue weighted by molar-refractivity contribution is 5.96. The number of piperidine rings is 1. The van der Waals surface area contributed by atoms with E-state index >= 15 is 0 Å². The standard InChI is InChI=1S/C14H20N4O2/c1-9-12(6-11(15)7-17-9)14(20)18-5-3-4-10(8-18)13(19)16-2/h6-7,10H,3-5,8,15H2,1-2H3,(H,16,19). The van der Waals surface area contributed by atoms with Crippen molar-refractivity contribution >= 4 is 17.5 Å². The van der Waals surface area contributed by atoms with Crippen molar-refractivity contribution in [2.75, 3.05) is 25.9 Å². The quantitative estimate of drug-likeness (QED) is 0.826. The minimum Gasteiger partial charge on any atom is -0.397 e. The molecular weight excluding hydrogens is 256 g/mol. The van der Waals surface area contributed by atoms with Crippen LogP contribution in [0.4, 0.5) is 5.69 Å². The van der Waals surface area contributed by atoms with Gasteiger partial charge in [0.2, 0.25) is 5.91 Å². The number of nitrogens with two attached hydrogens (primary N) is 1. The first kappa shape index (κ1) is 14.3. The minimum atomic E-state index is -0.132. The SMILES string of the molecule is CNC(=O)C1CCCN(C(=O)c2cc(N)cnc2C)C1. The molecular formula is C14H20N4O2. The first-order valence-corrected chi connectivity index (χ1v) is 6.76. The second-order valence-electron chi connectivity index (χ2n) is 5.11. The number of hydrogen-bond acceptors (Lipinski definition) is 4. The monoisotopic (exact) mass is 276 g/mol. The number of hydrogen-bond donors (Lipinski definition) is 2. The summed E-state index contributed by atoms with van der Waals surface area (Å²) >= 11 is 0.